The van der Waals surface area contributed by atoms with E-state index in [0.717, 1.165) is 71.4 Å². The van der Waals surface area contributed by atoms with Crippen LogP contribution in [0.2, 0.25) is 5.02 Å². The van der Waals surface area contributed by atoms with Gasteiger partial charge in [0.15, 0.2) is 11.5 Å². The minimum Gasteiger partial charge on any atom is -0.489 e. The molecule has 4 aromatic rings. The minimum atomic E-state index is 0.292. The van der Waals surface area contributed by atoms with Crippen LogP contribution in [0.4, 0.5) is 0 Å². The number of fused-ring (bicyclic) bond motifs is 1. The number of aromatic nitrogens is 2. The van der Waals surface area contributed by atoms with Crippen molar-refractivity contribution in [1.29, 1.82) is 0 Å². The van der Waals surface area contributed by atoms with Gasteiger partial charge in [0.1, 0.15) is 17.9 Å². The van der Waals surface area contributed by atoms with Crippen molar-refractivity contribution >= 4 is 22.7 Å². The monoisotopic (exact) mass is 433 g/mol. The number of oxazole rings is 1. The molecule has 2 aromatic heterocycles. The van der Waals surface area contributed by atoms with E-state index < -0.39 is 0 Å². The number of nitrogens with zero attached hydrogens (tertiary/aromatic N) is 3. The number of hydrogen-bond acceptors (Lipinski definition) is 5. The highest BCUT2D eigenvalue weighted by Gasteiger charge is 2.26. The Morgan fingerprint density at radius 1 is 1.13 bits per heavy atom. The quantitative estimate of drug-likeness (QED) is 0.382. The Labute approximate surface area is 186 Å². The van der Waals surface area contributed by atoms with Crippen molar-refractivity contribution in [3.8, 4) is 5.75 Å². The lowest BCUT2D eigenvalue weighted by Gasteiger charge is -2.31. The highest BCUT2D eigenvalue weighted by molar-refractivity contribution is 6.30. The van der Waals surface area contributed by atoms with Gasteiger partial charge in [-0.15, -0.1) is 0 Å². The average molecular weight is 434 g/mol. The van der Waals surface area contributed by atoms with Gasteiger partial charge in [-0.1, -0.05) is 29.8 Å². The molecule has 0 bridgehead atoms. The first-order valence-corrected chi connectivity index (χ1v) is 11.0. The van der Waals surface area contributed by atoms with Gasteiger partial charge in [-0.05, 0) is 55.8 Å². The number of likely N-dealkylation sites (tertiary alicyclic amines) is 1. The third-order valence-corrected chi connectivity index (χ3v) is 5.93. The number of benzene rings is 2. The summed E-state index contributed by atoms with van der Waals surface area (Å²) in [5.41, 5.74) is 3.91. The Balaban J connectivity index is 1.30. The van der Waals surface area contributed by atoms with E-state index in [0.29, 0.717) is 12.5 Å². The fourth-order valence-electron chi connectivity index (χ4n) is 4.16. The molecular formula is C25H24ClN3O2. The fraction of sp³-hybridized carbons (Fsp3) is 0.280. The lowest BCUT2D eigenvalue weighted by atomic mass is 9.97. The van der Waals surface area contributed by atoms with Gasteiger partial charge in [-0.2, -0.15) is 0 Å². The Morgan fingerprint density at radius 2 is 2.06 bits per heavy atom. The molecule has 0 radical (unpaired) electrons. The van der Waals surface area contributed by atoms with E-state index in [1.54, 1.807) is 6.20 Å². The topological polar surface area (TPSA) is 51.4 Å². The van der Waals surface area contributed by atoms with Gasteiger partial charge in [0.2, 0.25) is 0 Å². The van der Waals surface area contributed by atoms with Crippen molar-refractivity contribution in [3.63, 3.8) is 0 Å². The standard InChI is InChI=1S/C25H24ClN3O2/c26-21-9-10-23(30-17-18-5-3-11-27-14-18)20(13-21)16-29-12-4-6-19(15-29)25-28-22-7-1-2-8-24(22)31-25/h1-3,5,7-11,13-14,19H,4,6,12,15-17H2. The van der Waals surface area contributed by atoms with E-state index in [4.69, 9.17) is 25.7 Å². The number of para-hydroxylation sites is 2. The van der Waals surface area contributed by atoms with E-state index in [9.17, 15) is 0 Å². The molecular weight excluding hydrogens is 410 g/mol. The molecule has 0 spiro atoms. The molecule has 31 heavy (non-hydrogen) atoms. The van der Waals surface area contributed by atoms with Gasteiger partial charge in [-0.25, -0.2) is 4.98 Å². The highest BCUT2D eigenvalue weighted by Crippen LogP contribution is 2.31. The van der Waals surface area contributed by atoms with E-state index >= 15 is 0 Å². The largest absolute Gasteiger partial charge is 0.489 e. The zero-order valence-electron chi connectivity index (χ0n) is 17.2. The van der Waals surface area contributed by atoms with E-state index in [1.807, 2.05) is 60.8 Å². The second-order valence-corrected chi connectivity index (χ2v) is 8.43. The van der Waals surface area contributed by atoms with Crippen molar-refractivity contribution in [2.75, 3.05) is 13.1 Å². The summed E-state index contributed by atoms with van der Waals surface area (Å²) in [4.78, 5) is 11.3. The van der Waals surface area contributed by atoms with Crippen molar-refractivity contribution in [1.82, 2.24) is 14.9 Å². The molecule has 1 aliphatic rings. The summed E-state index contributed by atoms with van der Waals surface area (Å²) < 4.78 is 12.2. The van der Waals surface area contributed by atoms with Gasteiger partial charge in [0, 0.05) is 47.6 Å². The summed E-state index contributed by atoms with van der Waals surface area (Å²) in [5.74, 6) is 1.99. The predicted octanol–water partition coefficient (Wildman–Crippen LogP) is 5.83. The predicted molar refractivity (Wildman–Crippen MR) is 121 cm³/mol. The first-order valence-electron chi connectivity index (χ1n) is 10.6. The molecule has 158 valence electrons. The zero-order valence-corrected chi connectivity index (χ0v) is 18.0. The maximum Gasteiger partial charge on any atom is 0.199 e. The fourth-order valence-corrected chi connectivity index (χ4v) is 4.36. The molecule has 5 nitrogen and oxygen atoms in total. The lowest BCUT2D eigenvalue weighted by Crippen LogP contribution is -2.34. The average Bonchev–Trinajstić information content (AvgIpc) is 3.24. The summed E-state index contributed by atoms with van der Waals surface area (Å²) in [7, 11) is 0. The van der Waals surface area contributed by atoms with E-state index in [2.05, 4.69) is 9.88 Å². The number of ether oxygens (including phenoxy) is 1. The molecule has 1 saturated heterocycles. The van der Waals surface area contributed by atoms with Crippen LogP contribution in [0.5, 0.6) is 5.75 Å². The van der Waals surface area contributed by atoms with Crippen LogP contribution >= 0.6 is 11.6 Å². The second kappa shape index (κ2) is 9.08. The number of halogens is 1. The molecule has 1 unspecified atom stereocenters. The van der Waals surface area contributed by atoms with Crippen molar-refractivity contribution in [2.24, 2.45) is 0 Å². The Bertz CT molecular complexity index is 1130. The second-order valence-electron chi connectivity index (χ2n) is 8.00. The first-order chi connectivity index (χ1) is 15.2. The molecule has 3 heterocycles. The normalized spacial score (nSPS) is 17.1. The molecule has 0 amide bonds. The third kappa shape index (κ3) is 4.73. The Morgan fingerprint density at radius 3 is 2.94 bits per heavy atom. The molecule has 0 N–H and O–H groups in total. The Kier molecular flexibility index (Phi) is 5.87. The molecule has 5 rings (SSSR count). The summed E-state index contributed by atoms with van der Waals surface area (Å²) in [5, 5.41) is 0.719. The van der Waals surface area contributed by atoms with Crippen LogP contribution in [0.1, 0.15) is 35.8 Å². The minimum absolute atomic E-state index is 0.292. The first kappa shape index (κ1) is 20.0. The van der Waals surface area contributed by atoms with Crippen LogP contribution in [0.25, 0.3) is 11.1 Å². The van der Waals surface area contributed by atoms with Gasteiger partial charge < -0.3 is 9.15 Å². The van der Waals surface area contributed by atoms with Crippen LogP contribution in [-0.4, -0.2) is 28.0 Å². The molecule has 6 heteroatoms. The van der Waals surface area contributed by atoms with E-state index in [1.165, 1.54) is 0 Å². The summed E-state index contributed by atoms with van der Waals surface area (Å²) in [6.45, 7) is 3.19. The van der Waals surface area contributed by atoms with Gasteiger partial charge in [-0.3, -0.25) is 9.88 Å². The van der Waals surface area contributed by atoms with Gasteiger partial charge in [0.05, 0.1) is 0 Å². The summed E-state index contributed by atoms with van der Waals surface area (Å²) in [6, 6.07) is 17.7. The number of rotatable bonds is 6. The number of pyridine rings is 1. The molecule has 0 saturated carbocycles. The van der Waals surface area contributed by atoms with Crippen LogP contribution in [-0.2, 0) is 13.2 Å². The molecule has 2 aromatic carbocycles. The number of piperidine rings is 1. The smallest absolute Gasteiger partial charge is 0.199 e. The van der Waals surface area contributed by atoms with Crippen LogP contribution < -0.4 is 4.74 Å². The third-order valence-electron chi connectivity index (χ3n) is 5.70. The van der Waals surface area contributed by atoms with Crippen LogP contribution in [0.3, 0.4) is 0 Å². The Hall–Kier alpha value is -2.89. The van der Waals surface area contributed by atoms with Crippen molar-refractivity contribution in [2.45, 2.75) is 31.9 Å². The maximum absolute atomic E-state index is 6.31. The molecule has 1 atom stereocenters. The van der Waals surface area contributed by atoms with Gasteiger partial charge in [0.25, 0.3) is 0 Å². The SMILES string of the molecule is Clc1ccc(OCc2cccnc2)c(CN2CCCC(c3nc4ccccc4o3)C2)c1. The van der Waals surface area contributed by atoms with E-state index in [-0.39, 0.29) is 0 Å². The zero-order chi connectivity index (χ0) is 21.0. The molecule has 1 fully saturated rings. The highest BCUT2D eigenvalue weighted by atomic mass is 35.5. The summed E-state index contributed by atoms with van der Waals surface area (Å²) in [6.07, 6.45) is 5.78. The molecule has 1 aliphatic heterocycles. The lowest BCUT2D eigenvalue weighted by molar-refractivity contribution is 0.184. The van der Waals surface area contributed by atoms with Crippen LogP contribution in [0, 0.1) is 0 Å². The number of hydrogen-bond donors (Lipinski definition) is 0. The van der Waals surface area contributed by atoms with Crippen molar-refractivity contribution in [3.05, 3.63) is 89.0 Å². The molecule has 0 aliphatic carbocycles. The van der Waals surface area contributed by atoms with Gasteiger partial charge >= 0.3 is 0 Å². The maximum atomic E-state index is 6.31. The van der Waals surface area contributed by atoms with Crippen LogP contribution in [0.15, 0.2) is 71.4 Å². The summed E-state index contributed by atoms with van der Waals surface area (Å²) >= 11 is 6.31. The van der Waals surface area contributed by atoms with Crippen molar-refractivity contribution < 1.29 is 9.15 Å².